The number of pyridine rings is 1. The summed E-state index contributed by atoms with van der Waals surface area (Å²) in [7, 11) is 0. The molecule has 0 spiro atoms. The van der Waals surface area contributed by atoms with Gasteiger partial charge in [-0.1, -0.05) is 19.8 Å². The van der Waals surface area contributed by atoms with Crippen molar-refractivity contribution < 1.29 is 13.9 Å². The zero-order valence-corrected chi connectivity index (χ0v) is 10.4. The van der Waals surface area contributed by atoms with Crippen molar-refractivity contribution in [3.8, 4) is 0 Å². The number of rotatable bonds is 3. The first-order valence-corrected chi connectivity index (χ1v) is 6.25. The number of nitrogens with one attached hydrogen (secondary N) is 1. The predicted molar refractivity (Wildman–Crippen MR) is 65.2 cm³/mol. The van der Waals surface area contributed by atoms with Gasteiger partial charge in [0.05, 0.1) is 18.3 Å². The highest BCUT2D eigenvalue weighted by atomic mass is 19.1. The highest BCUT2D eigenvalue weighted by molar-refractivity contribution is 5.39. The number of hydrogen-bond acceptors (Lipinski definition) is 3. The number of nitrogens with zero attached hydrogens (tertiary/aromatic N) is 1. The van der Waals surface area contributed by atoms with Gasteiger partial charge < -0.3 is 10.4 Å². The van der Waals surface area contributed by atoms with Crippen LogP contribution in [0.3, 0.4) is 0 Å². The summed E-state index contributed by atoms with van der Waals surface area (Å²) in [4.78, 5) is 3.72. The minimum Gasteiger partial charge on any atom is -0.394 e. The van der Waals surface area contributed by atoms with Crippen molar-refractivity contribution in [2.45, 2.75) is 38.1 Å². The molecule has 0 aromatic carbocycles. The van der Waals surface area contributed by atoms with Crippen LogP contribution in [-0.2, 0) is 0 Å². The van der Waals surface area contributed by atoms with Crippen LogP contribution in [0.25, 0.3) is 0 Å². The second-order valence-corrected chi connectivity index (χ2v) is 5.25. The number of aliphatic hydroxyl groups is 1. The van der Waals surface area contributed by atoms with E-state index in [4.69, 9.17) is 0 Å². The number of anilines is 1. The molecule has 2 unspecified atom stereocenters. The molecule has 0 amide bonds. The lowest BCUT2D eigenvalue weighted by molar-refractivity contribution is 0.149. The molecular weight excluding hydrogens is 238 g/mol. The van der Waals surface area contributed by atoms with Gasteiger partial charge in [0.15, 0.2) is 11.6 Å². The minimum absolute atomic E-state index is 0.0135. The smallest absolute Gasteiger partial charge is 0.168 e. The predicted octanol–water partition coefficient (Wildman–Crippen LogP) is 2.71. The summed E-state index contributed by atoms with van der Waals surface area (Å²) < 4.78 is 26.3. The van der Waals surface area contributed by atoms with E-state index in [2.05, 4.69) is 17.2 Å². The molecule has 5 heteroatoms. The molecule has 1 aliphatic carbocycles. The average Bonchev–Trinajstić information content (AvgIpc) is 2.33. The molecule has 0 bridgehead atoms. The van der Waals surface area contributed by atoms with Crippen molar-refractivity contribution in [1.29, 1.82) is 0 Å². The summed E-state index contributed by atoms with van der Waals surface area (Å²) in [6.07, 6.45) is 4.61. The molecule has 100 valence electrons. The highest BCUT2D eigenvalue weighted by Gasteiger charge is 2.35. The van der Waals surface area contributed by atoms with Gasteiger partial charge in [-0.05, 0) is 18.8 Å². The third-order valence-electron chi connectivity index (χ3n) is 3.59. The molecule has 0 aliphatic heterocycles. The summed E-state index contributed by atoms with van der Waals surface area (Å²) >= 11 is 0. The van der Waals surface area contributed by atoms with Crippen molar-refractivity contribution in [3.63, 3.8) is 0 Å². The Labute approximate surface area is 105 Å². The average molecular weight is 256 g/mol. The summed E-state index contributed by atoms with van der Waals surface area (Å²) in [5.74, 6) is -0.935. The van der Waals surface area contributed by atoms with Gasteiger partial charge in [-0.25, -0.2) is 13.8 Å². The zero-order valence-electron chi connectivity index (χ0n) is 10.4. The van der Waals surface area contributed by atoms with Gasteiger partial charge in [-0.2, -0.15) is 0 Å². The van der Waals surface area contributed by atoms with E-state index in [1.54, 1.807) is 0 Å². The highest BCUT2D eigenvalue weighted by Crippen LogP contribution is 2.34. The fourth-order valence-electron chi connectivity index (χ4n) is 2.71. The van der Waals surface area contributed by atoms with E-state index in [1.165, 1.54) is 0 Å². The number of hydrogen-bond donors (Lipinski definition) is 2. The second-order valence-electron chi connectivity index (χ2n) is 5.25. The summed E-state index contributed by atoms with van der Waals surface area (Å²) in [5, 5.41) is 12.5. The van der Waals surface area contributed by atoms with Crippen LogP contribution in [-0.4, -0.2) is 22.2 Å². The lowest BCUT2D eigenvalue weighted by Crippen LogP contribution is -2.46. The van der Waals surface area contributed by atoms with E-state index in [0.717, 1.165) is 37.9 Å². The monoisotopic (exact) mass is 256 g/mol. The van der Waals surface area contributed by atoms with Gasteiger partial charge in [0.1, 0.15) is 5.82 Å². The van der Waals surface area contributed by atoms with Crippen LogP contribution in [0.2, 0.25) is 0 Å². The van der Waals surface area contributed by atoms with Gasteiger partial charge in [-0.15, -0.1) is 0 Å². The lowest BCUT2D eigenvalue weighted by atomic mass is 9.77. The zero-order chi connectivity index (χ0) is 13.2. The van der Waals surface area contributed by atoms with E-state index in [-0.39, 0.29) is 12.4 Å². The third-order valence-corrected chi connectivity index (χ3v) is 3.59. The Morgan fingerprint density at radius 1 is 1.56 bits per heavy atom. The molecule has 2 rings (SSSR count). The fraction of sp³-hybridized carbons (Fsp3) is 0.615. The summed E-state index contributed by atoms with van der Waals surface area (Å²) in [6.45, 7) is 2.04. The van der Waals surface area contributed by atoms with Crippen LogP contribution in [0.5, 0.6) is 0 Å². The second kappa shape index (κ2) is 5.18. The molecule has 2 N–H and O–H groups in total. The first kappa shape index (κ1) is 13.2. The van der Waals surface area contributed by atoms with Crippen molar-refractivity contribution in [3.05, 3.63) is 23.9 Å². The van der Waals surface area contributed by atoms with Crippen LogP contribution in [0.15, 0.2) is 12.3 Å². The van der Waals surface area contributed by atoms with Crippen LogP contribution in [0.1, 0.15) is 32.6 Å². The molecular formula is C13H18F2N2O. The fourth-order valence-corrected chi connectivity index (χ4v) is 2.71. The van der Waals surface area contributed by atoms with Crippen LogP contribution in [0, 0.1) is 17.6 Å². The Hall–Kier alpha value is -1.23. The van der Waals surface area contributed by atoms with E-state index in [1.807, 2.05) is 0 Å². The largest absolute Gasteiger partial charge is 0.394 e. The maximum absolute atomic E-state index is 13.6. The van der Waals surface area contributed by atoms with Crippen molar-refractivity contribution >= 4 is 5.82 Å². The maximum Gasteiger partial charge on any atom is 0.168 e. The van der Waals surface area contributed by atoms with Gasteiger partial charge in [0.2, 0.25) is 0 Å². The molecule has 1 aliphatic rings. The quantitative estimate of drug-likeness (QED) is 0.874. The van der Waals surface area contributed by atoms with Crippen LogP contribution >= 0.6 is 0 Å². The molecule has 1 saturated carbocycles. The maximum atomic E-state index is 13.6. The molecule has 1 heterocycles. The Bertz CT molecular complexity index is 427. The minimum atomic E-state index is -0.721. The number of aromatic nitrogens is 1. The molecule has 2 atom stereocenters. The van der Waals surface area contributed by atoms with Gasteiger partial charge in [-0.3, -0.25) is 0 Å². The molecule has 1 fully saturated rings. The Kier molecular flexibility index (Phi) is 3.80. The molecule has 1 aromatic rings. The van der Waals surface area contributed by atoms with Gasteiger partial charge >= 0.3 is 0 Å². The van der Waals surface area contributed by atoms with Gasteiger partial charge in [0, 0.05) is 6.07 Å². The molecule has 0 saturated heterocycles. The first-order valence-electron chi connectivity index (χ1n) is 6.25. The summed E-state index contributed by atoms with van der Waals surface area (Å²) in [5.41, 5.74) is -0.538. The van der Waals surface area contributed by atoms with E-state index < -0.39 is 17.2 Å². The Balaban J connectivity index is 2.19. The van der Waals surface area contributed by atoms with Crippen molar-refractivity contribution in [1.82, 2.24) is 4.98 Å². The van der Waals surface area contributed by atoms with Crippen LogP contribution < -0.4 is 5.32 Å². The van der Waals surface area contributed by atoms with Gasteiger partial charge in [0.25, 0.3) is 0 Å². The molecule has 18 heavy (non-hydrogen) atoms. The Morgan fingerprint density at radius 3 is 2.94 bits per heavy atom. The number of halogens is 2. The third kappa shape index (κ3) is 2.77. The first-order chi connectivity index (χ1) is 8.54. The van der Waals surface area contributed by atoms with E-state index in [9.17, 15) is 13.9 Å². The van der Waals surface area contributed by atoms with Crippen molar-refractivity contribution in [2.24, 2.45) is 5.92 Å². The van der Waals surface area contributed by atoms with Crippen molar-refractivity contribution in [2.75, 3.05) is 11.9 Å². The molecule has 0 radical (unpaired) electrons. The normalized spacial score (nSPS) is 28.1. The van der Waals surface area contributed by atoms with E-state index >= 15 is 0 Å². The molecule has 1 aromatic heterocycles. The SMILES string of the molecule is CC1CCCC(CO)(Nc2ncc(F)cc2F)C1. The summed E-state index contributed by atoms with van der Waals surface area (Å²) in [6, 6.07) is 0.798. The Morgan fingerprint density at radius 2 is 2.33 bits per heavy atom. The van der Waals surface area contributed by atoms with E-state index in [0.29, 0.717) is 5.92 Å². The topological polar surface area (TPSA) is 45.1 Å². The lowest BCUT2D eigenvalue weighted by Gasteiger charge is -2.39. The standard InChI is InChI=1S/C13H18F2N2O/c1-9-3-2-4-13(6-9,8-18)17-12-11(15)5-10(14)7-16-12/h5,7,9,18H,2-4,6,8H2,1H3,(H,16,17). The van der Waals surface area contributed by atoms with Crippen LogP contribution in [0.4, 0.5) is 14.6 Å². The molecule has 3 nitrogen and oxygen atoms in total. The number of aliphatic hydroxyl groups excluding tert-OH is 1.